The summed E-state index contributed by atoms with van der Waals surface area (Å²) in [4.78, 5) is 14.0. The SMILES string of the molecule is COc1cc2[nH]c(=S)n(CCC(N)=O)c2cc1OC. The van der Waals surface area contributed by atoms with Gasteiger partial charge in [-0.25, -0.2) is 0 Å². The summed E-state index contributed by atoms with van der Waals surface area (Å²) in [5.74, 6) is 0.863. The third-order valence-electron chi connectivity index (χ3n) is 2.86. The van der Waals surface area contributed by atoms with Gasteiger partial charge in [-0.15, -0.1) is 0 Å². The number of aromatic nitrogens is 2. The predicted octanol–water partition coefficient (Wildman–Crippen LogP) is 1.59. The average Bonchev–Trinajstić information content (AvgIpc) is 2.69. The predicted molar refractivity (Wildman–Crippen MR) is 74.0 cm³/mol. The van der Waals surface area contributed by atoms with Crippen LogP contribution in [0.5, 0.6) is 11.5 Å². The Morgan fingerprint density at radius 2 is 2.00 bits per heavy atom. The third-order valence-corrected chi connectivity index (χ3v) is 3.18. The van der Waals surface area contributed by atoms with Gasteiger partial charge in [0.2, 0.25) is 5.91 Å². The summed E-state index contributed by atoms with van der Waals surface area (Å²) in [6.45, 7) is 0.434. The number of benzene rings is 1. The van der Waals surface area contributed by atoms with Crippen LogP contribution < -0.4 is 15.2 Å². The molecule has 0 radical (unpaired) electrons. The first kappa shape index (κ1) is 13.4. The monoisotopic (exact) mass is 281 g/mol. The Kier molecular flexibility index (Phi) is 3.75. The molecule has 0 atom stereocenters. The van der Waals surface area contributed by atoms with Crippen LogP contribution in [0.15, 0.2) is 12.1 Å². The third kappa shape index (κ3) is 2.55. The summed E-state index contributed by atoms with van der Waals surface area (Å²) in [6, 6.07) is 3.63. The van der Waals surface area contributed by atoms with Gasteiger partial charge in [-0.2, -0.15) is 0 Å². The molecule has 7 heteroatoms. The van der Waals surface area contributed by atoms with E-state index in [2.05, 4.69) is 4.98 Å². The van der Waals surface area contributed by atoms with Crippen molar-refractivity contribution in [3.8, 4) is 11.5 Å². The maximum atomic E-state index is 10.9. The highest BCUT2D eigenvalue weighted by Crippen LogP contribution is 2.31. The quantitative estimate of drug-likeness (QED) is 0.815. The first-order valence-electron chi connectivity index (χ1n) is 5.69. The van der Waals surface area contributed by atoms with Crippen molar-refractivity contribution in [3.05, 3.63) is 16.9 Å². The van der Waals surface area contributed by atoms with E-state index in [0.717, 1.165) is 11.0 Å². The standard InChI is InChI=1S/C12H15N3O3S/c1-17-9-5-7-8(6-10(9)18-2)15(12(19)14-7)4-3-11(13)16/h5-6H,3-4H2,1-2H3,(H2,13,16)(H,14,19). The molecule has 2 rings (SSSR count). The van der Waals surface area contributed by atoms with Gasteiger partial charge in [-0.3, -0.25) is 4.79 Å². The van der Waals surface area contributed by atoms with Crippen LogP contribution in [0.4, 0.5) is 0 Å². The minimum absolute atomic E-state index is 0.232. The maximum Gasteiger partial charge on any atom is 0.219 e. The number of rotatable bonds is 5. The number of nitrogens with two attached hydrogens (primary N) is 1. The molecule has 0 fully saturated rings. The lowest BCUT2D eigenvalue weighted by Gasteiger charge is -2.08. The Bertz CT molecular complexity index is 675. The van der Waals surface area contributed by atoms with Crippen molar-refractivity contribution < 1.29 is 14.3 Å². The molecule has 0 aliphatic carbocycles. The summed E-state index contributed by atoms with van der Waals surface area (Å²) in [5, 5.41) is 0. The van der Waals surface area contributed by atoms with Gasteiger partial charge in [-0.1, -0.05) is 0 Å². The number of primary amides is 1. The number of H-pyrrole nitrogens is 1. The van der Waals surface area contributed by atoms with Gasteiger partial charge in [0, 0.05) is 25.1 Å². The summed E-state index contributed by atoms with van der Waals surface area (Å²) in [5.41, 5.74) is 6.84. The van der Waals surface area contributed by atoms with Crippen molar-refractivity contribution >= 4 is 29.2 Å². The molecule has 0 unspecified atom stereocenters. The van der Waals surface area contributed by atoms with Crippen LogP contribution in [0.2, 0.25) is 0 Å². The number of carbonyl (C=O) groups excluding carboxylic acids is 1. The van der Waals surface area contributed by atoms with Gasteiger partial charge < -0.3 is 24.8 Å². The number of aromatic amines is 1. The second kappa shape index (κ2) is 5.31. The van der Waals surface area contributed by atoms with Gasteiger partial charge in [0.15, 0.2) is 16.3 Å². The lowest BCUT2D eigenvalue weighted by atomic mass is 10.2. The fourth-order valence-electron chi connectivity index (χ4n) is 1.93. The molecule has 0 aliphatic rings. The Balaban J connectivity index is 2.55. The van der Waals surface area contributed by atoms with Crippen molar-refractivity contribution in [2.45, 2.75) is 13.0 Å². The fourth-order valence-corrected chi connectivity index (χ4v) is 2.23. The van der Waals surface area contributed by atoms with E-state index >= 15 is 0 Å². The van der Waals surface area contributed by atoms with Crippen LogP contribution in [0.25, 0.3) is 11.0 Å². The van der Waals surface area contributed by atoms with E-state index in [1.165, 1.54) is 0 Å². The number of aryl methyl sites for hydroxylation is 1. The van der Waals surface area contributed by atoms with Gasteiger partial charge in [0.25, 0.3) is 0 Å². The zero-order chi connectivity index (χ0) is 14.0. The molecule has 1 amide bonds. The average molecular weight is 281 g/mol. The second-order valence-electron chi connectivity index (χ2n) is 4.02. The number of nitrogens with zero attached hydrogens (tertiary/aromatic N) is 1. The van der Waals surface area contributed by atoms with Crippen molar-refractivity contribution in [1.29, 1.82) is 0 Å². The lowest BCUT2D eigenvalue weighted by Crippen LogP contribution is -2.13. The van der Waals surface area contributed by atoms with Crippen molar-refractivity contribution in [2.75, 3.05) is 14.2 Å². The van der Waals surface area contributed by atoms with Crippen molar-refractivity contribution in [3.63, 3.8) is 0 Å². The van der Waals surface area contributed by atoms with E-state index in [4.69, 9.17) is 27.4 Å². The van der Waals surface area contributed by atoms with Crippen LogP contribution in [-0.4, -0.2) is 29.7 Å². The molecule has 2 aromatic rings. The number of hydrogen-bond acceptors (Lipinski definition) is 4. The van der Waals surface area contributed by atoms with E-state index in [1.54, 1.807) is 14.2 Å². The van der Waals surface area contributed by atoms with Crippen LogP contribution in [0.3, 0.4) is 0 Å². The first-order chi connectivity index (χ1) is 9.06. The van der Waals surface area contributed by atoms with Crippen LogP contribution >= 0.6 is 12.2 Å². The highest BCUT2D eigenvalue weighted by atomic mass is 32.1. The molecule has 1 aromatic heterocycles. The van der Waals surface area contributed by atoms with Gasteiger partial charge in [0.1, 0.15) is 0 Å². The molecular weight excluding hydrogens is 266 g/mol. The molecule has 0 saturated heterocycles. The van der Waals surface area contributed by atoms with Crippen LogP contribution in [0, 0.1) is 4.77 Å². The zero-order valence-electron chi connectivity index (χ0n) is 10.7. The second-order valence-corrected chi connectivity index (χ2v) is 4.41. The molecule has 1 aromatic carbocycles. The molecule has 0 aliphatic heterocycles. The summed E-state index contributed by atoms with van der Waals surface area (Å²) < 4.78 is 12.8. The van der Waals surface area contributed by atoms with Crippen LogP contribution in [0.1, 0.15) is 6.42 Å². The molecule has 6 nitrogen and oxygen atoms in total. The van der Waals surface area contributed by atoms with Crippen molar-refractivity contribution in [1.82, 2.24) is 9.55 Å². The number of nitrogens with one attached hydrogen (secondary N) is 1. The van der Waals surface area contributed by atoms with Gasteiger partial charge in [-0.05, 0) is 12.2 Å². The smallest absolute Gasteiger partial charge is 0.219 e. The minimum Gasteiger partial charge on any atom is -0.493 e. The van der Waals surface area contributed by atoms with E-state index < -0.39 is 0 Å². The summed E-state index contributed by atoms with van der Waals surface area (Å²) in [7, 11) is 3.14. The molecule has 19 heavy (non-hydrogen) atoms. The van der Waals surface area contributed by atoms with E-state index in [9.17, 15) is 4.79 Å². The number of carbonyl (C=O) groups is 1. The van der Waals surface area contributed by atoms with E-state index in [1.807, 2.05) is 16.7 Å². The molecule has 1 heterocycles. The summed E-state index contributed by atoms with van der Waals surface area (Å²) in [6.07, 6.45) is 0.232. The van der Waals surface area contributed by atoms with E-state index in [-0.39, 0.29) is 12.3 Å². The maximum absolute atomic E-state index is 10.9. The number of hydrogen-bond donors (Lipinski definition) is 2. The van der Waals surface area contributed by atoms with E-state index in [0.29, 0.717) is 22.8 Å². The molecule has 0 saturated carbocycles. The summed E-state index contributed by atoms with van der Waals surface area (Å²) >= 11 is 5.24. The highest BCUT2D eigenvalue weighted by molar-refractivity contribution is 7.71. The Morgan fingerprint density at radius 3 is 2.58 bits per heavy atom. The Hall–Kier alpha value is -2.02. The largest absolute Gasteiger partial charge is 0.493 e. The molecule has 0 spiro atoms. The van der Waals surface area contributed by atoms with Gasteiger partial charge >= 0.3 is 0 Å². The number of imidazole rings is 1. The van der Waals surface area contributed by atoms with Crippen molar-refractivity contribution in [2.24, 2.45) is 5.73 Å². The molecule has 102 valence electrons. The highest BCUT2D eigenvalue weighted by Gasteiger charge is 2.11. The first-order valence-corrected chi connectivity index (χ1v) is 6.10. The number of amides is 1. The number of methoxy groups -OCH3 is 2. The normalized spacial score (nSPS) is 10.6. The number of ether oxygens (including phenoxy) is 2. The van der Waals surface area contributed by atoms with Gasteiger partial charge in [0.05, 0.1) is 25.3 Å². The molecular formula is C12H15N3O3S. The number of fused-ring (bicyclic) bond motifs is 1. The topological polar surface area (TPSA) is 82.3 Å². The molecule has 0 bridgehead atoms. The Labute approximate surface area is 115 Å². The fraction of sp³-hybridized carbons (Fsp3) is 0.333. The Morgan fingerprint density at radius 1 is 1.37 bits per heavy atom. The zero-order valence-corrected chi connectivity index (χ0v) is 11.5. The van der Waals surface area contributed by atoms with Crippen LogP contribution in [-0.2, 0) is 11.3 Å². The minimum atomic E-state index is -0.364. The lowest BCUT2D eigenvalue weighted by molar-refractivity contribution is -0.118. The molecule has 3 N–H and O–H groups in total.